The van der Waals surface area contributed by atoms with Crippen LogP contribution in [0.15, 0.2) is 18.2 Å². The number of carbonyl (C=O) groups is 1. The zero-order valence-corrected chi connectivity index (χ0v) is 9.96. The highest BCUT2D eigenvalue weighted by Gasteiger charge is 2.29. The molecular weight excluding hydrogens is 221 g/mol. The lowest BCUT2D eigenvalue weighted by atomic mass is 9.91. The number of carboxylic acid groups (broad SMARTS) is 1. The molecule has 1 aliphatic carbocycles. The van der Waals surface area contributed by atoms with Gasteiger partial charge in [-0.05, 0) is 44.2 Å². The van der Waals surface area contributed by atoms with Gasteiger partial charge in [0.2, 0.25) is 0 Å². The van der Waals surface area contributed by atoms with Crippen LogP contribution in [0.5, 0.6) is 0 Å². The van der Waals surface area contributed by atoms with Crippen LogP contribution in [-0.4, -0.2) is 11.2 Å². The average Bonchev–Trinajstić information content (AvgIpc) is 2.99. The van der Waals surface area contributed by atoms with Crippen molar-refractivity contribution >= 4 is 6.09 Å². The van der Waals surface area contributed by atoms with Crippen molar-refractivity contribution in [2.75, 3.05) is 0 Å². The highest BCUT2D eigenvalue weighted by Crippen LogP contribution is 2.41. The van der Waals surface area contributed by atoms with E-state index in [0.29, 0.717) is 11.5 Å². The average molecular weight is 237 g/mol. The largest absolute Gasteiger partial charge is 0.465 e. The Bertz CT molecular complexity index is 453. The zero-order chi connectivity index (χ0) is 12.6. The van der Waals surface area contributed by atoms with Crippen molar-refractivity contribution in [2.45, 2.75) is 38.1 Å². The van der Waals surface area contributed by atoms with Crippen molar-refractivity contribution in [3.8, 4) is 0 Å². The van der Waals surface area contributed by atoms with E-state index in [-0.39, 0.29) is 5.82 Å². The van der Waals surface area contributed by atoms with Crippen molar-refractivity contribution in [3.63, 3.8) is 0 Å². The van der Waals surface area contributed by atoms with Crippen molar-refractivity contribution in [1.29, 1.82) is 0 Å². The Morgan fingerprint density at radius 3 is 2.65 bits per heavy atom. The molecule has 0 radical (unpaired) electrons. The molecule has 1 aliphatic rings. The quantitative estimate of drug-likeness (QED) is 0.848. The number of rotatable bonds is 3. The summed E-state index contributed by atoms with van der Waals surface area (Å²) >= 11 is 0. The van der Waals surface area contributed by atoms with Crippen molar-refractivity contribution in [1.82, 2.24) is 5.32 Å². The molecule has 1 saturated carbocycles. The fourth-order valence-electron chi connectivity index (χ4n) is 2.03. The molecule has 2 rings (SSSR count). The maximum absolute atomic E-state index is 13.8. The number of nitrogens with one attached hydrogen (secondary N) is 1. The summed E-state index contributed by atoms with van der Waals surface area (Å²) in [5, 5.41) is 11.1. The molecule has 1 aromatic carbocycles. The Balaban J connectivity index is 2.35. The van der Waals surface area contributed by atoms with Gasteiger partial charge in [-0.15, -0.1) is 0 Å². The van der Waals surface area contributed by atoms with E-state index < -0.39 is 11.6 Å². The minimum absolute atomic E-state index is 0.367. The van der Waals surface area contributed by atoms with Gasteiger partial charge in [0.1, 0.15) is 5.82 Å². The molecule has 0 atom stereocenters. The van der Waals surface area contributed by atoms with Gasteiger partial charge in [0.25, 0.3) is 0 Å². The van der Waals surface area contributed by atoms with Gasteiger partial charge in [-0.1, -0.05) is 12.1 Å². The van der Waals surface area contributed by atoms with Gasteiger partial charge in [0.05, 0.1) is 5.54 Å². The summed E-state index contributed by atoms with van der Waals surface area (Å²) < 4.78 is 13.8. The van der Waals surface area contributed by atoms with E-state index >= 15 is 0 Å². The molecule has 0 saturated heterocycles. The monoisotopic (exact) mass is 237 g/mol. The maximum atomic E-state index is 13.8. The van der Waals surface area contributed by atoms with Crippen LogP contribution in [0.3, 0.4) is 0 Å². The fourth-order valence-corrected chi connectivity index (χ4v) is 2.03. The third-order valence-corrected chi connectivity index (χ3v) is 3.13. The molecule has 0 spiro atoms. The van der Waals surface area contributed by atoms with E-state index in [0.717, 1.165) is 18.4 Å². The molecule has 3 nitrogen and oxygen atoms in total. The molecule has 0 aromatic heterocycles. The zero-order valence-electron chi connectivity index (χ0n) is 9.96. The van der Waals surface area contributed by atoms with E-state index in [1.807, 2.05) is 0 Å². The van der Waals surface area contributed by atoms with Crippen LogP contribution in [0.2, 0.25) is 0 Å². The summed E-state index contributed by atoms with van der Waals surface area (Å²) in [5.41, 5.74) is 0.590. The van der Waals surface area contributed by atoms with Gasteiger partial charge in [0.15, 0.2) is 0 Å². The number of hydrogen-bond acceptors (Lipinski definition) is 1. The summed E-state index contributed by atoms with van der Waals surface area (Å²) in [4.78, 5) is 10.7. The minimum Gasteiger partial charge on any atom is -0.465 e. The predicted molar refractivity (Wildman–Crippen MR) is 62.6 cm³/mol. The number of amides is 1. The van der Waals surface area contributed by atoms with Gasteiger partial charge in [-0.2, -0.15) is 0 Å². The SMILES string of the molecule is CC(C)(NC(=O)O)c1cc(C2CC2)ccc1F. The molecule has 4 heteroatoms. The second kappa shape index (κ2) is 4.02. The molecule has 2 N–H and O–H groups in total. The van der Waals surface area contributed by atoms with Gasteiger partial charge in [0, 0.05) is 5.56 Å². The van der Waals surface area contributed by atoms with Gasteiger partial charge >= 0.3 is 6.09 Å². The summed E-state index contributed by atoms with van der Waals surface area (Å²) in [5.74, 6) is 0.156. The van der Waals surface area contributed by atoms with Crippen LogP contribution in [0, 0.1) is 5.82 Å². The molecular formula is C13H16FNO2. The Kier molecular flexibility index (Phi) is 2.81. The van der Waals surface area contributed by atoms with E-state index in [1.54, 1.807) is 26.0 Å². The highest BCUT2D eigenvalue weighted by atomic mass is 19.1. The Labute approximate surface area is 99.7 Å². The summed E-state index contributed by atoms with van der Waals surface area (Å²) in [6.07, 6.45) is 1.13. The smallest absolute Gasteiger partial charge is 0.405 e. The third-order valence-electron chi connectivity index (χ3n) is 3.13. The third kappa shape index (κ3) is 2.57. The molecule has 0 heterocycles. The lowest BCUT2D eigenvalue weighted by molar-refractivity contribution is 0.181. The van der Waals surface area contributed by atoms with Crippen molar-refractivity contribution < 1.29 is 14.3 Å². The normalized spacial score (nSPS) is 15.7. The standard InChI is InChI=1S/C13H16FNO2/c1-13(2,15-12(16)17)10-7-9(8-3-4-8)5-6-11(10)14/h5-8,15H,3-4H2,1-2H3,(H,16,17). The van der Waals surface area contributed by atoms with Crippen LogP contribution in [-0.2, 0) is 5.54 Å². The van der Waals surface area contributed by atoms with Gasteiger partial charge in [-0.25, -0.2) is 9.18 Å². The maximum Gasteiger partial charge on any atom is 0.405 e. The molecule has 0 bridgehead atoms. The molecule has 92 valence electrons. The van der Waals surface area contributed by atoms with Crippen molar-refractivity contribution in [2.24, 2.45) is 0 Å². The summed E-state index contributed by atoms with van der Waals surface area (Å²) in [7, 11) is 0. The number of benzene rings is 1. The van der Waals surface area contributed by atoms with Crippen LogP contribution in [0.25, 0.3) is 0 Å². The lowest BCUT2D eigenvalue weighted by Gasteiger charge is -2.26. The fraction of sp³-hybridized carbons (Fsp3) is 0.462. The second-order valence-electron chi connectivity index (χ2n) is 5.07. The topological polar surface area (TPSA) is 49.3 Å². The van der Waals surface area contributed by atoms with E-state index in [1.165, 1.54) is 6.07 Å². The summed E-state index contributed by atoms with van der Waals surface area (Å²) in [6.45, 7) is 3.33. The van der Waals surface area contributed by atoms with E-state index in [9.17, 15) is 9.18 Å². The molecule has 1 aromatic rings. The van der Waals surface area contributed by atoms with Crippen molar-refractivity contribution in [3.05, 3.63) is 35.1 Å². The first kappa shape index (κ1) is 11.9. The Hall–Kier alpha value is -1.58. The van der Waals surface area contributed by atoms with Crippen LogP contribution < -0.4 is 5.32 Å². The molecule has 0 unspecified atom stereocenters. The molecule has 17 heavy (non-hydrogen) atoms. The number of halogens is 1. The molecule has 1 fully saturated rings. The molecule has 1 amide bonds. The van der Waals surface area contributed by atoms with Crippen LogP contribution >= 0.6 is 0 Å². The summed E-state index contributed by atoms with van der Waals surface area (Å²) in [6, 6.07) is 4.99. The first-order valence-electron chi connectivity index (χ1n) is 5.71. The first-order chi connectivity index (χ1) is 7.90. The molecule has 0 aliphatic heterocycles. The Morgan fingerprint density at radius 1 is 1.47 bits per heavy atom. The van der Waals surface area contributed by atoms with Gasteiger partial charge < -0.3 is 10.4 Å². The lowest BCUT2D eigenvalue weighted by Crippen LogP contribution is -2.40. The minimum atomic E-state index is -1.15. The van der Waals surface area contributed by atoms with E-state index in [2.05, 4.69) is 5.32 Å². The second-order valence-corrected chi connectivity index (χ2v) is 5.07. The highest BCUT2D eigenvalue weighted by molar-refractivity contribution is 5.66. The number of hydrogen-bond donors (Lipinski definition) is 2. The first-order valence-corrected chi connectivity index (χ1v) is 5.71. The van der Waals surface area contributed by atoms with E-state index in [4.69, 9.17) is 5.11 Å². The Morgan fingerprint density at radius 2 is 2.12 bits per heavy atom. The van der Waals surface area contributed by atoms with Crippen LogP contribution in [0.4, 0.5) is 9.18 Å². The van der Waals surface area contributed by atoms with Gasteiger partial charge in [-0.3, -0.25) is 0 Å². The van der Waals surface area contributed by atoms with Crippen LogP contribution in [0.1, 0.15) is 43.7 Å². The predicted octanol–water partition coefficient (Wildman–Crippen LogP) is 3.21.